The van der Waals surface area contributed by atoms with Crippen molar-refractivity contribution in [1.82, 2.24) is 4.90 Å². The maximum Gasteiger partial charge on any atom is 0.0432 e. The van der Waals surface area contributed by atoms with Crippen LogP contribution in [0.4, 0.5) is 0 Å². The molecule has 0 aromatic heterocycles. The second-order valence-corrected chi connectivity index (χ2v) is 5.57. The van der Waals surface area contributed by atoms with Crippen molar-refractivity contribution in [2.45, 2.75) is 48.0 Å². The highest BCUT2D eigenvalue weighted by molar-refractivity contribution is 5.38. The molecule has 0 aromatic rings. The van der Waals surface area contributed by atoms with Crippen LogP contribution in [0.15, 0.2) is 48.4 Å². The third-order valence-corrected chi connectivity index (χ3v) is 3.40. The lowest BCUT2D eigenvalue weighted by Crippen LogP contribution is -2.23. The van der Waals surface area contributed by atoms with Crippen LogP contribution >= 0.6 is 0 Å². The third kappa shape index (κ3) is 5.10. The molecule has 0 rings (SSSR count). The first-order valence-electron chi connectivity index (χ1n) is 7.33. The molecular weight excluding hydrogens is 230 g/mol. The summed E-state index contributed by atoms with van der Waals surface area (Å²) in [6, 6.07) is 0. The monoisotopic (exact) mass is 261 g/mol. The minimum Gasteiger partial charge on any atom is -0.348 e. The zero-order chi connectivity index (χ0) is 15.0. The molecule has 0 fully saturated rings. The highest BCUT2D eigenvalue weighted by Gasteiger charge is 2.18. The molecule has 0 aromatic carbocycles. The molecule has 0 saturated heterocycles. The topological polar surface area (TPSA) is 3.24 Å². The third-order valence-electron chi connectivity index (χ3n) is 3.40. The Morgan fingerprint density at radius 1 is 1.11 bits per heavy atom. The van der Waals surface area contributed by atoms with Crippen molar-refractivity contribution in [1.29, 1.82) is 0 Å². The van der Waals surface area contributed by atoms with Crippen molar-refractivity contribution in [3.05, 3.63) is 48.4 Å². The van der Waals surface area contributed by atoms with E-state index < -0.39 is 0 Å². The predicted octanol–water partition coefficient (Wildman–Crippen LogP) is 5.54. The molecule has 0 amide bonds. The molecule has 1 heteroatoms. The van der Waals surface area contributed by atoms with Crippen molar-refractivity contribution in [2.24, 2.45) is 11.8 Å². The summed E-state index contributed by atoms with van der Waals surface area (Å²) >= 11 is 0. The second-order valence-electron chi connectivity index (χ2n) is 5.57. The number of hydrogen-bond donors (Lipinski definition) is 0. The van der Waals surface area contributed by atoms with Crippen LogP contribution in [0.1, 0.15) is 48.0 Å². The van der Waals surface area contributed by atoms with E-state index in [1.54, 1.807) is 0 Å². The Balaban J connectivity index is 5.89. The van der Waals surface area contributed by atoms with Gasteiger partial charge < -0.3 is 4.90 Å². The number of allylic oxidation sites excluding steroid dienone is 4. The van der Waals surface area contributed by atoms with E-state index in [1.165, 1.54) is 16.8 Å². The van der Waals surface area contributed by atoms with Crippen molar-refractivity contribution in [3.8, 4) is 0 Å². The molecule has 0 aliphatic carbocycles. The van der Waals surface area contributed by atoms with Crippen LogP contribution in [0, 0.1) is 11.8 Å². The fourth-order valence-corrected chi connectivity index (χ4v) is 2.10. The van der Waals surface area contributed by atoms with Crippen LogP contribution in [-0.4, -0.2) is 11.4 Å². The first-order chi connectivity index (χ1) is 8.90. The Morgan fingerprint density at radius 2 is 1.68 bits per heavy atom. The van der Waals surface area contributed by atoms with Crippen molar-refractivity contribution in [2.75, 3.05) is 6.54 Å². The van der Waals surface area contributed by atoms with Gasteiger partial charge in [-0.15, -0.1) is 0 Å². The van der Waals surface area contributed by atoms with Gasteiger partial charge in [0.05, 0.1) is 0 Å². The predicted molar refractivity (Wildman–Crippen MR) is 87.9 cm³/mol. The van der Waals surface area contributed by atoms with Crippen molar-refractivity contribution >= 4 is 0 Å². The second kappa shape index (κ2) is 8.79. The van der Waals surface area contributed by atoms with E-state index in [0.29, 0.717) is 11.8 Å². The van der Waals surface area contributed by atoms with Crippen molar-refractivity contribution in [3.63, 3.8) is 0 Å². The quantitative estimate of drug-likeness (QED) is 0.518. The zero-order valence-corrected chi connectivity index (χ0v) is 13.7. The van der Waals surface area contributed by atoms with Gasteiger partial charge in [-0.25, -0.2) is 0 Å². The van der Waals surface area contributed by atoms with Crippen LogP contribution in [0.25, 0.3) is 0 Å². The fraction of sp³-hybridized carbons (Fsp3) is 0.556. The van der Waals surface area contributed by atoms with E-state index in [0.717, 1.165) is 13.0 Å². The lowest BCUT2D eigenvalue weighted by molar-refractivity contribution is 0.447. The standard InChI is InChI=1S/C18H31N/c1-9-12-17(15(6)7)18(16(8)14(4)5)19(11-3)13-10-2/h9,11-12,14-15H,1,3,10,13H2,2,4-8H3/b17-12-,18-16-. The van der Waals surface area contributed by atoms with Gasteiger partial charge in [0.1, 0.15) is 0 Å². The highest BCUT2D eigenvalue weighted by Crippen LogP contribution is 2.29. The molecule has 0 radical (unpaired) electrons. The molecule has 0 aliphatic rings. The summed E-state index contributed by atoms with van der Waals surface area (Å²) in [6.45, 7) is 22.2. The lowest BCUT2D eigenvalue weighted by atomic mass is 9.91. The maximum atomic E-state index is 3.98. The minimum atomic E-state index is 0.473. The van der Waals surface area contributed by atoms with Gasteiger partial charge in [-0.2, -0.15) is 0 Å². The van der Waals surface area contributed by atoms with E-state index in [4.69, 9.17) is 0 Å². The van der Waals surface area contributed by atoms with Crippen LogP contribution in [0.3, 0.4) is 0 Å². The number of hydrogen-bond acceptors (Lipinski definition) is 1. The molecule has 19 heavy (non-hydrogen) atoms. The largest absolute Gasteiger partial charge is 0.348 e. The summed E-state index contributed by atoms with van der Waals surface area (Å²) in [6.07, 6.45) is 7.08. The zero-order valence-electron chi connectivity index (χ0n) is 13.7. The Kier molecular flexibility index (Phi) is 8.22. The van der Waals surface area contributed by atoms with Gasteiger partial charge in [0.25, 0.3) is 0 Å². The average molecular weight is 261 g/mol. The van der Waals surface area contributed by atoms with Gasteiger partial charge in [0, 0.05) is 12.2 Å². The van der Waals surface area contributed by atoms with Crippen molar-refractivity contribution < 1.29 is 0 Å². The van der Waals surface area contributed by atoms with E-state index in [-0.39, 0.29) is 0 Å². The SMILES string of the molecule is C=C/C=C(\C(=C(/C)C(C)C)N(C=C)CCC)C(C)C. The molecule has 0 heterocycles. The van der Waals surface area contributed by atoms with Gasteiger partial charge in [-0.1, -0.05) is 59.9 Å². The van der Waals surface area contributed by atoms with Gasteiger partial charge in [0.2, 0.25) is 0 Å². The number of nitrogens with zero attached hydrogens (tertiary/aromatic N) is 1. The summed E-state index contributed by atoms with van der Waals surface area (Å²) in [4.78, 5) is 2.28. The first-order valence-corrected chi connectivity index (χ1v) is 7.33. The summed E-state index contributed by atoms with van der Waals surface area (Å²) in [5.41, 5.74) is 4.08. The molecule has 0 unspecified atom stereocenters. The molecule has 108 valence electrons. The highest BCUT2D eigenvalue weighted by atomic mass is 15.1. The summed E-state index contributed by atoms with van der Waals surface area (Å²) in [5, 5.41) is 0. The first kappa shape index (κ1) is 17.8. The van der Waals surface area contributed by atoms with Gasteiger partial charge >= 0.3 is 0 Å². The lowest BCUT2D eigenvalue weighted by Gasteiger charge is -2.30. The Labute approximate surface area is 120 Å². The Bertz CT molecular complexity index is 356. The minimum absolute atomic E-state index is 0.473. The summed E-state index contributed by atoms with van der Waals surface area (Å²) in [7, 11) is 0. The van der Waals surface area contributed by atoms with Crippen LogP contribution in [0.5, 0.6) is 0 Å². The van der Waals surface area contributed by atoms with Gasteiger partial charge in [0.15, 0.2) is 0 Å². The van der Waals surface area contributed by atoms with Crippen LogP contribution in [0.2, 0.25) is 0 Å². The molecule has 1 nitrogen and oxygen atoms in total. The van der Waals surface area contributed by atoms with Gasteiger partial charge in [-0.05, 0) is 42.5 Å². The van der Waals surface area contributed by atoms with E-state index >= 15 is 0 Å². The Hall–Kier alpha value is -1.24. The summed E-state index contributed by atoms with van der Waals surface area (Å²) in [5.74, 6) is 1.00. The molecule has 0 atom stereocenters. The molecule has 0 spiro atoms. The fourth-order valence-electron chi connectivity index (χ4n) is 2.10. The van der Waals surface area contributed by atoms with E-state index in [1.807, 2.05) is 12.3 Å². The molecule has 0 N–H and O–H groups in total. The summed E-state index contributed by atoms with van der Waals surface area (Å²) < 4.78 is 0. The van der Waals surface area contributed by atoms with Crippen LogP contribution < -0.4 is 0 Å². The average Bonchev–Trinajstić information content (AvgIpc) is 2.36. The number of rotatable bonds is 8. The molecule has 0 aliphatic heterocycles. The molecule has 0 saturated carbocycles. The Morgan fingerprint density at radius 3 is 2.00 bits per heavy atom. The molecule has 0 bridgehead atoms. The van der Waals surface area contributed by atoms with Crippen LogP contribution in [-0.2, 0) is 0 Å². The molecular formula is C18H31N. The smallest absolute Gasteiger partial charge is 0.0432 e. The van der Waals surface area contributed by atoms with Gasteiger partial charge in [-0.3, -0.25) is 0 Å². The van der Waals surface area contributed by atoms with E-state index in [9.17, 15) is 0 Å². The van der Waals surface area contributed by atoms with E-state index in [2.05, 4.69) is 65.7 Å². The maximum absolute atomic E-state index is 3.98. The normalized spacial score (nSPS) is 13.6.